The molecule has 0 aromatic rings. The Kier molecular flexibility index (Phi) is 8.33. The molecule has 0 spiro atoms. The molecule has 1 N–H and O–H groups in total. The molecular weight excluding hydrogens is 194 g/mol. The number of carbonyl (C=O) groups excluding carboxylic acids is 1. The van der Waals surface area contributed by atoms with E-state index in [1.165, 1.54) is 7.11 Å². The second kappa shape index (κ2) is 8.68. The van der Waals surface area contributed by atoms with Gasteiger partial charge in [-0.15, -0.1) is 0 Å². The molecule has 0 saturated carbocycles. The van der Waals surface area contributed by atoms with Crippen molar-refractivity contribution in [3.63, 3.8) is 0 Å². The summed E-state index contributed by atoms with van der Waals surface area (Å²) in [7, 11) is 3.12. The van der Waals surface area contributed by atoms with Crippen LogP contribution in [0, 0.1) is 5.92 Å². The summed E-state index contributed by atoms with van der Waals surface area (Å²) in [5.74, 6) is -0.180. The molecule has 90 valence electrons. The van der Waals surface area contributed by atoms with Gasteiger partial charge in [-0.2, -0.15) is 0 Å². The van der Waals surface area contributed by atoms with Gasteiger partial charge in [0.15, 0.2) is 0 Å². The minimum atomic E-state index is -0.138. The zero-order valence-electron chi connectivity index (χ0n) is 10.2. The molecule has 0 amide bonds. The van der Waals surface area contributed by atoms with E-state index in [0.717, 1.165) is 26.0 Å². The van der Waals surface area contributed by atoms with Gasteiger partial charge in [-0.3, -0.25) is 4.79 Å². The highest BCUT2D eigenvalue weighted by atomic mass is 16.5. The zero-order chi connectivity index (χ0) is 11.7. The number of rotatable bonds is 8. The maximum absolute atomic E-state index is 11.2. The minimum absolute atomic E-state index is 0.0417. The summed E-state index contributed by atoms with van der Waals surface area (Å²) < 4.78 is 9.62. The van der Waals surface area contributed by atoms with Gasteiger partial charge in [0.05, 0.1) is 13.0 Å². The maximum atomic E-state index is 11.2. The van der Waals surface area contributed by atoms with Crippen molar-refractivity contribution in [3.05, 3.63) is 0 Å². The summed E-state index contributed by atoms with van der Waals surface area (Å²) in [4.78, 5) is 11.2. The number of methoxy groups -OCH3 is 2. The molecule has 0 aromatic carbocycles. The Hall–Kier alpha value is -0.610. The Balaban J connectivity index is 3.55. The largest absolute Gasteiger partial charge is 0.469 e. The fourth-order valence-electron chi connectivity index (χ4n) is 1.48. The lowest BCUT2D eigenvalue weighted by atomic mass is 10.0. The summed E-state index contributed by atoms with van der Waals surface area (Å²) >= 11 is 0. The number of carbonyl (C=O) groups is 1. The molecule has 0 rings (SSSR count). The monoisotopic (exact) mass is 217 g/mol. The first-order valence-electron chi connectivity index (χ1n) is 5.42. The average Bonchev–Trinajstić information content (AvgIpc) is 2.23. The van der Waals surface area contributed by atoms with Crippen molar-refractivity contribution in [2.45, 2.75) is 32.7 Å². The third-order valence-corrected chi connectivity index (χ3v) is 2.33. The van der Waals surface area contributed by atoms with Crippen LogP contribution in [-0.2, 0) is 14.3 Å². The number of esters is 1. The van der Waals surface area contributed by atoms with Gasteiger partial charge in [0, 0.05) is 19.8 Å². The second-order valence-corrected chi connectivity index (χ2v) is 3.86. The molecule has 0 heterocycles. The fraction of sp³-hybridized carbons (Fsp3) is 0.909. The molecule has 0 bridgehead atoms. The van der Waals surface area contributed by atoms with Crippen molar-refractivity contribution in [2.24, 2.45) is 5.92 Å². The predicted molar refractivity (Wildman–Crippen MR) is 59.8 cm³/mol. The van der Waals surface area contributed by atoms with Crippen LogP contribution in [0.15, 0.2) is 0 Å². The molecule has 2 unspecified atom stereocenters. The lowest BCUT2D eigenvalue weighted by molar-refractivity contribution is -0.145. The summed E-state index contributed by atoms with van der Waals surface area (Å²) in [6.45, 7) is 5.65. The van der Waals surface area contributed by atoms with Crippen LogP contribution in [0.25, 0.3) is 0 Å². The second-order valence-electron chi connectivity index (χ2n) is 3.86. The highest BCUT2D eigenvalue weighted by molar-refractivity contribution is 5.71. The summed E-state index contributed by atoms with van der Waals surface area (Å²) in [5.41, 5.74) is 0. The van der Waals surface area contributed by atoms with Gasteiger partial charge in [0.2, 0.25) is 0 Å². The van der Waals surface area contributed by atoms with Crippen molar-refractivity contribution < 1.29 is 14.3 Å². The van der Waals surface area contributed by atoms with Gasteiger partial charge in [-0.05, 0) is 26.3 Å². The van der Waals surface area contributed by atoms with Crippen LogP contribution in [0.4, 0.5) is 0 Å². The van der Waals surface area contributed by atoms with E-state index in [-0.39, 0.29) is 11.9 Å². The molecule has 4 heteroatoms. The van der Waals surface area contributed by atoms with E-state index in [2.05, 4.69) is 17.0 Å². The molecule has 4 nitrogen and oxygen atoms in total. The van der Waals surface area contributed by atoms with Crippen molar-refractivity contribution in [3.8, 4) is 0 Å². The van der Waals surface area contributed by atoms with Gasteiger partial charge in [0.1, 0.15) is 0 Å². The van der Waals surface area contributed by atoms with E-state index < -0.39 is 0 Å². The topological polar surface area (TPSA) is 47.6 Å². The standard InChI is InChI=1S/C11H23NO3/c1-9(11(13)15-4)8-10(2)12-6-5-7-14-3/h9-10,12H,5-8H2,1-4H3. The first-order valence-corrected chi connectivity index (χ1v) is 5.42. The molecule has 0 aliphatic heterocycles. The Morgan fingerprint density at radius 1 is 1.33 bits per heavy atom. The highest BCUT2D eigenvalue weighted by Crippen LogP contribution is 2.07. The quantitative estimate of drug-likeness (QED) is 0.490. The molecule has 2 atom stereocenters. The Morgan fingerprint density at radius 2 is 2.00 bits per heavy atom. The van der Waals surface area contributed by atoms with E-state index in [1.54, 1.807) is 7.11 Å². The number of nitrogens with one attached hydrogen (secondary N) is 1. The maximum Gasteiger partial charge on any atom is 0.308 e. The Morgan fingerprint density at radius 3 is 2.53 bits per heavy atom. The predicted octanol–water partition coefficient (Wildman–Crippen LogP) is 1.20. The van der Waals surface area contributed by atoms with Crippen molar-refractivity contribution in [1.29, 1.82) is 0 Å². The third-order valence-electron chi connectivity index (χ3n) is 2.33. The van der Waals surface area contributed by atoms with Crippen LogP contribution in [0.5, 0.6) is 0 Å². The Labute approximate surface area is 92.3 Å². The molecule has 0 fully saturated rings. The van der Waals surface area contributed by atoms with E-state index in [1.807, 2.05) is 6.92 Å². The number of hydrogen-bond acceptors (Lipinski definition) is 4. The van der Waals surface area contributed by atoms with Crippen LogP contribution in [0.1, 0.15) is 26.7 Å². The summed E-state index contributed by atoms with van der Waals surface area (Å²) in [6.07, 6.45) is 1.80. The van der Waals surface area contributed by atoms with Crippen LogP contribution >= 0.6 is 0 Å². The van der Waals surface area contributed by atoms with Gasteiger partial charge in [-0.1, -0.05) is 6.92 Å². The molecule has 0 saturated heterocycles. The first-order chi connectivity index (χ1) is 7.11. The first kappa shape index (κ1) is 14.4. The molecule has 15 heavy (non-hydrogen) atoms. The van der Waals surface area contributed by atoms with Gasteiger partial charge in [-0.25, -0.2) is 0 Å². The van der Waals surface area contributed by atoms with E-state index >= 15 is 0 Å². The summed E-state index contributed by atoms with van der Waals surface area (Å²) in [6, 6.07) is 0.330. The molecule has 0 aromatic heterocycles. The number of hydrogen-bond donors (Lipinski definition) is 1. The molecule has 0 aliphatic carbocycles. The SMILES string of the molecule is COCCCNC(C)CC(C)C(=O)OC. The Bertz CT molecular complexity index is 173. The van der Waals surface area contributed by atoms with E-state index in [0.29, 0.717) is 6.04 Å². The summed E-state index contributed by atoms with van der Waals surface area (Å²) in [5, 5.41) is 3.34. The zero-order valence-corrected chi connectivity index (χ0v) is 10.2. The lowest BCUT2D eigenvalue weighted by Gasteiger charge is -2.16. The van der Waals surface area contributed by atoms with Crippen molar-refractivity contribution in [2.75, 3.05) is 27.4 Å². The minimum Gasteiger partial charge on any atom is -0.469 e. The highest BCUT2D eigenvalue weighted by Gasteiger charge is 2.15. The fourth-order valence-corrected chi connectivity index (χ4v) is 1.48. The normalized spacial score (nSPS) is 14.7. The lowest BCUT2D eigenvalue weighted by Crippen LogP contribution is -2.31. The van der Waals surface area contributed by atoms with Gasteiger partial charge in [0.25, 0.3) is 0 Å². The van der Waals surface area contributed by atoms with Gasteiger partial charge < -0.3 is 14.8 Å². The third kappa shape index (κ3) is 7.33. The van der Waals surface area contributed by atoms with Crippen LogP contribution in [-0.4, -0.2) is 39.4 Å². The smallest absolute Gasteiger partial charge is 0.308 e. The van der Waals surface area contributed by atoms with Crippen molar-refractivity contribution in [1.82, 2.24) is 5.32 Å². The average molecular weight is 217 g/mol. The van der Waals surface area contributed by atoms with Crippen LogP contribution in [0.3, 0.4) is 0 Å². The number of ether oxygens (including phenoxy) is 2. The molecular formula is C11H23NO3. The van der Waals surface area contributed by atoms with E-state index in [9.17, 15) is 4.79 Å². The van der Waals surface area contributed by atoms with Gasteiger partial charge >= 0.3 is 5.97 Å². The molecule has 0 aliphatic rings. The van der Waals surface area contributed by atoms with Crippen molar-refractivity contribution >= 4 is 5.97 Å². The van der Waals surface area contributed by atoms with Crippen LogP contribution < -0.4 is 5.32 Å². The molecule has 0 radical (unpaired) electrons. The van der Waals surface area contributed by atoms with E-state index in [4.69, 9.17) is 4.74 Å². The van der Waals surface area contributed by atoms with Crippen LogP contribution in [0.2, 0.25) is 0 Å².